The Balaban J connectivity index is 0.755. The number of aromatic nitrogens is 1. The first-order valence-electron chi connectivity index (χ1n) is 29.0. The summed E-state index contributed by atoms with van der Waals surface area (Å²) in [6, 6.07) is 29.2. The Morgan fingerprint density at radius 2 is 1.50 bits per heavy atom. The summed E-state index contributed by atoms with van der Waals surface area (Å²) in [5, 5.41) is 6.06. The van der Waals surface area contributed by atoms with Crippen LogP contribution in [0.5, 0.6) is 0 Å². The van der Waals surface area contributed by atoms with Gasteiger partial charge < -0.3 is 24.8 Å². The quantitative estimate of drug-likeness (QED) is 0.0624. The van der Waals surface area contributed by atoms with E-state index >= 15 is 0 Å². The molecule has 0 radical (unpaired) electrons. The second-order valence-electron chi connectivity index (χ2n) is 22.9. The largest absolute Gasteiger partial charge is 0.501 e. The molecule has 25 heteroatoms. The van der Waals surface area contributed by atoms with Gasteiger partial charge in [-0.15, -0.1) is 11.8 Å². The van der Waals surface area contributed by atoms with Crippen molar-refractivity contribution in [3.63, 3.8) is 0 Å². The van der Waals surface area contributed by atoms with E-state index in [2.05, 4.69) is 59.2 Å². The molecule has 4 aliphatic heterocycles. The zero-order valence-corrected chi connectivity index (χ0v) is 51.1. The Hall–Kier alpha value is -6.25. The highest BCUT2D eigenvalue weighted by Crippen LogP contribution is 2.44. The number of rotatable bonds is 20. The highest BCUT2D eigenvalue weighted by atomic mass is 35.5. The average Bonchev–Trinajstić information content (AvgIpc) is 1.14. The number of thioether (sulfide) groups is 1. The van der Waals surface area contributed by atoms with Crippen LogP contribution in [0.1, 0.15) is 61.4 Å². The molecule has 460 valence electrons. The minimum absolute atomic E-state index is 0.0233. The maximum atomic E-state index is 14.4. The zero-order chi connectivity index (χ0) is 60.6. The molecule has 1 aromatic heterocycles. The number of nitrogens with one attached hydrogen (secondary N) is 3. The number of nitrogens with zero attached hydrogens (tertiary/aromatic N) is 7. The van der Waals surface area contributed by atoms with Crippen LogP contribution in [-0.4, -0.2) is 177 Å². The van der Waals surface area contributed by atoms with E-state index in [-0.39, 0.29) is 23.3 Å². The third kappa shape index (κ3) is 15.7. The molecule has 86 heavy (non-hydrogen) atoms. The van der Waals surface area contributed by atoms with Gasteiger partial charge in [-0.05, 0) is 128 Å². The van der Waals surface area contributed by atoms with E-state index in [1.807, 2.05) is 59.3 Å². The smallest absolute Gasteiger partial charge is 0.380 e. The van der Waals surface area contributed by atoms with E-state index < -0.39 is 58.8 Å². The molecule has 4 aromatic carbocycles. The molecule has 3 N–H and O–H groups in total. The normalized spacial score (nSPS) is 20.4. The minimum Gasteiger partial charge on any atom is -0.380 e. The lowest BCUT2D eigenvalue weighted by molar-refractivity contribution is -0.120. The van der Waals surface area contributed by atoms with Gasteiger partial charge in [0.2, 0.25) is 5.91 Å². The first-order chi connectivity index (χ1) is 41.2. The van der Waals surface area contributed by atoms with Gasteiger partial charge in [0.25, 0.3) is 25.8 Å². The third-order valence-corrected chi connectivity index (χ3v) is 20.9. The summed E-state index contributed by atoms with van der Waals surface area (Å²) in [5.74, 6) is -0.114. The Labute approximate surface area is 510 Å². The summed E-state index contributed by atoms with van der Waals surface area (Å²) in [6.45, 7) is 13.9. The molecule has 18 nitrogen and oxygen atoms in total. The van der Waals surface area contributed by atoms with E-state index in [1.165, 1.54) is 45.5 Å². The highest BCUT2D eigenvalue weighted by Gasteiger charge is 2.49. The van der Waals surface area contributed by atoms with Crippen molar-refractivity contribution >= 4 is 89.5 Å². The molecular formula is C61H72ClF3N10O8S3. The van der Waals surface area contributed by atoms with Crippen molar-refractivity contribution < 1.29 is 49.1 Å². The molecule has 5 aromatic rings. The van der Waals surface area contributed by atoms with E-state index in [4.69, 9.17) is 16.3 Å². The molecular weight excluding hydrogens is 1190 g/mol. The number of sulfonamides is 1. The summed E-state index contributed by atoms with van der Waals surface area (Å²) in [5.41, 5.74) is -0.750. The number of imide groups is 1. The first kappa shape index (κ1) is 62.8. The van der Waals surface area contributed by atoms with Crippen molar-refractivity contribution in [1.29, 1.82) is 0 Å². The van der Waals surface area contributed by atoms with Crippen molar-refractivity contribution in [2.45, 2.75) is 71.7 Å². The number of carbonyl (C=O) groups is 3. The molecule has 0 bridgehead atoms. The number of benzene rings is 4. The lowest BCUT2D eigenvalue weighted by atomic mass is 9.71. The van der Waals surface area contributed by atoms with Crippen molar-refractivity contribution in [1.82, 2.24) is 29.7 Å². The second kappa shape index (κ2) is 27.4. The maximum absolute atomic E-state index is 14.4. The van der Waals surface area contributed by atoms with Crippen LogP contribution in [0, 0.1) is 5.41 Å². The molecule has 10 rings (SSSR count). The fourth-order valence-electron chi connectivity index (χ4n) is 11.9. The fourth-order valence-corrected chi connectivity index (χ4v) is 15.1. The van der Waals surface area contributed by atoms with Crippen LogP contribution in [0.4, 0.5) is 40.8 Å². The number of urea groups is 1. The van der Waals surface area contributed by atoms with Gasteiger partial charge in [0, 0.05) is 138 Å². The third-order valence-electron chi connectivity index (χ3n) is 16.7. The van der Waals surface area contributed by atoms with Gasteiger partial charge in [-0.3, -0.25) is 29.6 Å². The van der Waals surface area contributed by atoms with E-state index in [1.54, 1.807) is 18.3 Å². The Kier molecular flexibility index (Phi) is 20.0. The van der Waals surface area contributed by atoms with Crippen LogP contribution < -0.4 is 30.1 Å². The zero-order valence-electron chi connectivity index (χ0n) is 47.9. The summed E-state index contributed by atoms with van der Waals surface area (Å²) < 4.78 is 105. The van der Waals surface area contributed by atoms with Gasteiger partial charge in [-0.25, -0.2) is 31.3 Å². The number of amides is 4. The van der Waals surface area contributed by atoms with Gasteiger partial charge >= 0.3 is 11.5 Å². The number of hydrogen-bond donors (Lipinski definition) is 3. The molecule has 4 amide bonds. The molecule has 0 spiro atoms. The van der Waals surface area contributed by atoms with Crippen molar-refractivity contribution in [2.24, 2.45) is 5.41 Å². The lowest BCUT2D eigenvalue weighted by Gasteiger charge is -2.44. The maximum Gasteiger partial charge on any atom is 0.501 e. The standard InChI is InChI=1S/C61H72ClF3N10O8S3/c1-60(43-72-29-33-74(34-30-72)56-19-16-50(40-66-56)75-26-22-57(76)68-59(75)78)23-20-53(44-8-12-47(62)13-9-44)46(39-60)41-71-27-31-73(32-28-71)49-14-10-45(11-15-49)58(77)69-86(81,82)52-17-18-54(55(38-52)85(79,80)61(63,64)65)67-48(42-84-51-6-3-2-4-7-51)21-25-70-24-5-36-83-37-35-70/h2-4,6-19,38,40,48,67H,5,20-37,39,41-43H2,1H3,(H,69,77)(H,68,76,78)/t48-,60-/m1/s1. The number of carbonyl (C=O) groups excluding carboxylic acids is 3. The number of pyridine rings is 1. The van der Waals surface area contributed by atoms with Gasteiger partial charge in [0.15, 0.2) is 0 Å². The number of halogens is 4. The Bertz CT molecular complexity index is 3460. The highest BCUT2D eigenvalue weighted by molar-refractivity contribution is 7.99. The van der Waals surface area contributed by atoms with E-state index in [9.17, 15) is 44.4 Å². The van der Waals surface area contributed by atoms with Gasteiger partial charge in [-0.2, -0.15) is 13.2 Å². The molecule has 0 unspecified atom stereocenters. The number of hydrogen-bond acceptors (Lipinski definition) is 16. The van der Waals surface area contributed by atoms with Crippen LogP contribution in [0.15, 0.2) is 136 Å². The number of anilines is 4. The molecule has 2 atom stereocenters. The van der Waals surface area contributed by atoms with Gasteiger partial charge in [-0.1, -0.05) is 54.4 Å². The average molecular weight is 1260 g/mol. The molecule has 4 saturated heterocycles. The van der Waals surface area contributed by atoms with Crippen LogP contribution in [0.3, 0.4) is 0 Å². The number of piperazine rings is 2. The predicted molar refractivity (Wildman–Crippen MR) is 329 cm³/mol. The second-order valence-corrected chi connectivity index (χ2v) is 28.0. The number of sulfone groups is 1. The number of allylic oxidation sites excluding steroid dienone is 1. The number of ether oxygens (including phenoxy) is 1. The Morgan fingerprint density at radius 3 is 2.20 bits per heavy atom. The predicted octanol–water partition coefficient (Wildman–Crippen LogP) is 8.87. The molecule has 5 aliphatic rings. The molecule has 1 aliphatic carbocycles. The molecule has 0 saturated carbocycles. The van der Waals surface area contributed by atoms with Gasteiger partial charge in [0.05, 0.1) is 29.1 Å². The Morgan fingerprint density at radius 1 is 0.791 bits per heavy atom. The van der Waals surface area contributed by atoms with Crippen molar-refractivity contribution in [3.8, 4) is 0 Å². The van der Waals surface area contributed by atoms with Gasteiger partial charge in [0.1, 0.15) is 10.7 Å². The lowest BCUT2D eigenvalue weighted by Crippen LogP contribution is -2.51. The van der Waals surface area contributed by atoms with Crippen LogP contribution in [0.25, 0.3) is 5.57 Å². The summed E-state index contributed by atoms with van der Waals surface area (Å²) in [7, 11) is -11.0. The summed E-state index contributed by atoms with van der Waals surface area (Å²) in [6.07, 6.45) is 6.09. The SMILES string of the molecule is C[C@@]1(CN2CCN(c3ccc(N4CCC(=O)NC4=O)cn3)CC2)CCC(c2ccc(Cl)cc2)=C(CN2CCN(c3ccc(C(=O)NS(=O)(=O)c4ccc(N[C@H](CCN5CCCOCC5)CSc5ccccc5)c(S(=O)(=O)C(F)(F)F)c4)cc3)CC2)C1. The van der Waals surface area contributed by atoms with E-state index in [0.717, 1.165) is 113 Å². The topological polar surface area (TPSA) is 197 Å². The summed E-state index contributed by atoms with van der Waals surface area (Å²) >= 11 is 7.80. The van der Waals surface area contributed by atoms with Crippen LogP contribution in [0.2, 0.25) is 5.02 Å². The van der Waals surface area contributed by atoms with E-state index in [0.29, 0.717) is 74.9 Å². The van der Waals surface area contributed by atoms with Crippen molar-refractivity contribution in [3.05, 3.63) is 137 Å². The molecule has 5 heterocycles. The van der Waals surface area contributed by atoms with Crippen LogP contribution >= 0.6 is 23.4 Å². The monoisotopic (exact) mass is 1260 g/mol. The number of alkyl halides is 3. The van der Waals surface area contributed by atoms with Crippen molar-refractivity contribution in [2.75, 3.05) is 131 Å². The fraction of sp³-hybridized carbons (Fsp3) is 0.443. The van der Waals surface area contributed by atoms with Crippen LogP contribution in [-0.2, 0) is 29.4 Å². The minimum atomic E-state index is -6.09. The first-order valence-corrected chi connectivity index (χ1v) is 33.4. The summed E-state index contributed by atoms with van der Waals surface area (Å²) in [4.78, 5) is 54.3. The molecule has 4 fully saturated rings.